The molecule has 0 aromatic heterocycles. The van der Waals surface area contributed by atoms with Gasteiger partial charge in [-0.3, -0.25) is 4.90 Å². The van der Waals surface area contributed by atoms with Crippen LogP contribution >= 0.6 is 0 Å². The molecule has 2 aliphatic heterocycles. The fourth-order valence-corrected chi connectivity index (χ4v) is 3.01. The Kier molecular flexibility index (Phi) is 5.89. The first-order valence-corrected chi connectivity index (χ1v) is 7.42. The third-order valence-electron chi connectivity index (χ3n) is 4.01. The van der Waals surface area contributed by atoms with Crippen LogP contribution in [0.3, 0.4) is 0 Å². The average molecular weight is 256 g/mol. The van der Waals surface area contributed by atoms with E-state index in [4.69, 9.17) is 9.47 Å². The second kappa shape index (κ2) is 7.43. The van der Waals surface area contributed by atoms with E-state index in [1.165, 1.54) is 19.4 Å². The van der Waals surface area contributed by atoms with E-state index in [0.717, 1.165) is 39.1 Å². The number of methoxy groups -OCH3 is 1. The van der Waals surface area contributed by atoms with Crippen molar-refractivity contribution in [2.45, 2.75) is 50.9 Å². The van der Waals surface area contributed by atoms with E-state index in [1.807, 2.05) is 7.11 Å². The first kappa shape index (κ1) is 14.3. The minimum Gasteiger partial charge on any atom is -0.380 e. The van der Waals surface area contributed by atoms with Crippen molar-refractivity contribution >= 4 is 0 Å². The van der Waals surface area contributed by atoms with Gasteiger partial charge < -0.3 is 14.8 Å². The van der Waals surface area contributed by atoms with Gasteiger partial charge in [-0.05, 0) is 32.2 Å². The SMILES string of the molecule is CCCOC1CCCN(CC2CC(OC)CN2)C1. The number of likely N-dealkylation sites (tertiary alicyclic amines) is 1. The summed E-state index contributed by atoms with van der Waals surface area (Å²) in [6.07, 6.45) is 5.64. The zero-order chi connectivity index (χ0) is 12.8. The summed E-state index contributed by atoms with van der Waals surface area (Å²) in [5.74, 6) is 0. The number of rotatable bonds is 6. The molecule has 4 nitrogen and oxygen atoms in total. The van der Waals surface area contributed by atoms with Gasteiger partial charge in [-0.2, -0.15) is 0 Å². The molecule has 2 saturated heterocycles. The van der Waals surface area contributed by atoms with Crippen LogP contribution in [0.4, 0.5) is 0 Å². The molecule has 4 heteroatoms. The van der Waals surface area contributed by atoms with Gasteiger partial charge in [-0.15, -0.1) is 0 Å². The summed E-state index contributed by atoms with van der Waals surface area (Å²) in [5.41, 5.74) is 0. The Morgan fingerprint density at radius 3 is 2.94 bits per heavy atom. The number of nitrogens with one attached hydrogen (secondary N) is 1. The fourth-order valence-electron chi connectivity index (χ4n) is 3.01. The number of hydrogen-bond acceptors (Lipinski definition) is 4. The molecule has 1 N–H and O–H groups in total. The standard InChI is InChI=1S/C14H28N2O2/c1-3-7-18-13-5-4-6-16(11-13)10-12-8-14(17-2)9-15-12/h12-15H,3-11H2,1-2H3. The lowest BCUT2D eigenvalue weighted by Gasteiger charge is -2.34. The van der Waals surface area contributed by atoms with Gasteiger partial charge in [0.25, 0.3) is 0 Å². The van der Waals surface area contributed by atoms with E-state index in [2.05, 4.69) is 17.1 Å². The normalized spacial score (nSPS) is 34.0. The number of ether oxygens (including phenoxy) is 2. The van der Waals surface area contributed by atoms with E-state index < -0.39 is 0 Å². The Morgan fingerprint density at radius 2 is 2.22 bits per heavy atom. The minimum atomic E-state index is 0.409. The Morgan fingerprint density at radius 1 is 1.33 bits per heavy atom. The Bertz CT molecular complexity index is 238. The van der Waals surface area contributed by atoms with Crippen LogP contribution in [0.2, 0.25) is 0 Å². The smallest absolute Gasteiger partial charge is 0.0711 e. The zero-order valence-electron chi connectivity index (χ0n) is 11.9. The summed E-state index contributed by atoms with van der Waals surface area (Å²) in [7, 11) is 1.81. The Labute approximate surface area is 111 Å². The van der Waals surface area contributed by atoms with E-state index in [0.29, 0.717) is 18.2 Å². The summed E-state index contributed by atoms with van der Waals surface area (Å²) >= 11 is 0. The van der Waals surface area contributed by atoms with E-state index in [1.54, 1.807) is 0 Å². The minimum absolute atomic E-state index is 0.409. The van der Waals surface area contributed by atoms with Crippen LogP contribution in [-0.4, -0.2) is 63.0 Å². The molecule has 0 amide bonds. The van der Waals surface area contributed by atoms with E-state index in [-0.39, 0.29) is 0 Å². The van der Waals surface area contributed by atoms with E-state index >= 15 is 0 Å². The maximum atomic E-state index is 5.88. The lowest BCUT2D eigenvalue weighted by Crippen LogP contribution is -2.45. The monoisotopic (exact) mass is 256 g/mol. The van der Waals surface area contributed by atoms with E-state index in [9.17, 15) is 0 Å². The van der Waals surface area contributed by atoms with Crippen LogP contribution in [0.1, 0.15) is 32.6 Å². The molecule has 18 heavy (non-hydrogen) atoms. The predicted molar refractivity (Wildman–Crippen MR) is 72.9 cm³/mol. The maximum absolute atomic E-state index is 5.88. The Balaban J connectivity index is 1.69. The van der Waals surface area contributed by atoms with Gasteiger partial charge in [-0.25, -0.2) is 0 Å². The molecule has 0 spiro atoms. The van der Waals surface area contributed by atoms with Crippen LogP contribution < -0.4 is 5.32 Å². The summed E-state index contributed by atoms with van der Waals surface area (Å²) in [6, 6.07) is 0.597. The van der Waals surface area contributed by atoms with Crippen molar-refractivity contribution in [3.63, 3.8) is 0 Å². The summed E-state index contributed by atoms with van der Waals surface area (Å²) in [4.78, 5) is 2.56. The molecule has 2 fully saturated rings. The second-order valence-corrected chi connectivity index (χ2v) is 5.59. The van der Waals surface area contributed by atoms with Crippen molar-refractivity contribution in [3.05, 3.63) is 0 Å². The molecule has 106 valence electrons. The van der Waals surface area contributed by atoms with Gasteiger partial charge in [0.05, 0.1) is 12.2 Å². The van der Waals surface area contributed by atoms with Crippen molar-refractivity contribution < 1.29 is 9.47 Å². The van der Waals surface area contributed by atoms with Crippen molar-refractivity contribution in [1.29, 1.82) is 0 Å². The lowest BCUT2D eigenvalue weighted by atomic mass is 10.1. The van der Waals surface area contributed by atoms with Crippen molar-refractivity contribution in [1.82, 2.24) is 10.2 Å². The molecular weight excluding hydrogens is 228 g/mol. The molecule has 3 unspecified atom stereocenters. The predicted octanol–water partition coefficient (Wildman–Crippen LogP) is 1.25. The van der Waals surface area contributed by atoms with Gasteiger partial charge in [-0.1, -0.05) is 6.92 Å². The third kappa shape index (κ3) is 4.19. The highest BCUT2D eigenvalue weighted by Crippen LogP contribution is 2.16. The Hall–Kier alpha value is -0.160. The van der Waals surface area contributed by atoms with Crippen LogP contribution in [0, 0.1) is 0 Å². The second-order valence-electron chi connectivity index (χ2n) is 5.59. The molecule has 2 aliphatic rings. The van der Waals surface area contributed by atoms with Gasteiger partial charge in [0.2, 0.25) is 0 Å². The number of hydrogen-bond donors (Lipinski definition) is 1. The van der Waals surface area contributed by atoms with Crippen molar-refractivity contribution in [2.24, 2.45) is 0 Å². The lowest BCUT2D eigenvalue weighted by molar-refractivity contribution is -0.00212. The van der Waals surface area contributed by atoms with Crippen LogP contribution in [0.15, 0.2) is 0 Å². The highest BCUT2D eigenvalue weighted by atomic mass is 16.5. The molecule has 0 aromatic rings. The summed E-state index contributed by atoms with van der Waals surface area (Å²) < 4.78 is 11.3. The highest BCUT2D eigenvalue weighted by molar-refractivity contribution is 4.86. The van der Waals surface area contributed by atoms with Crippen LogP contribution in [0.25, 0.3) is 0 Å². The fraction of sp³-hybridized carbons (Fsp3) is 1.00. The molecule has 0 bridgehead atoms. The van der Waals surface area contributed by atoms with Gasteiger partial charge in [0.15, 0.2) is 0 Å². The van der Waals surface area contributed by atoms with Gasteiger partial charge in [0, 0.05) is 39.4 Å². The average Bonchev–Trinajstić information content (AvgIpc) is 2.84. The molecule has 0 aliphatic carbocycles. The third-order valence-corrected chi connectivity index (χ3v) is 4.01. The van der Waals surface area contributed by atoms with Gasteiger partial charge >= 0.3 is 0 Å². The highest BCUT2D eigenvalue weighted by Gasteiger charge is 2.27. The topological polar surface area (TPSA) is 33.7 Å². The van der Waals surface area contributed by atoms with Crippen molar-refractivity contribution in [2.75, 3.05) is 39.9 Å². The molecule has 2 heterocycles. The van der Waals surface area contributed by atoms with Gasteiger partial charge in [0.1, 0.15) is 0 Å². The summed E-state index contributed by atoms with van der Waals surface area (Å²) in [6.45, 7) is 7.56. The summed E-state index contributed by atoms with van der Waals surface area (Å²) in [5, 5.41) is 3.56. The maximum Gasteiger partial charge on any atom is 0.0711 e. The quantitative estimate of drug-likeness (QED) is 0.775. The first-order chi connectivity index (χ1) is 8.81. The first-order valence-electron chi connectivity index (χ1n) is 7.42. The van der Waals surface area contributed by atoms with Crippen molar-refractivity contribution in [3.8, 4) is 0 Å². The molecule has 0 radical (unpaired) electrons. The van der Waals surface area contributed by atoms with Crippen LogP contribution in [0.5, 0.6) is 0 Å². The largest absolute Gasteiger partial charge is 0.380 e. The molecule has 2 rings (SSSR count). The number of piperidine rings is 1. The molecule has 0 saturated carbocycles. The molecule has 3 atom stereocenters. The molecular formula is C14H28N2O2. The zero-order valence-corrected chi connectivity index (χ0v) is 11.9. The van der Waals surface area contributed by atoms with Crippen LogP contribution in [-0.2, 0) is 9.47 Å². The number of nitrogens with zero attached hydrogens (tertiary/aromatic N) is 1. The molecule has 0 aromatic carbocycles.